The SMILES string of the molecule is CCOC1CC(N)(C(=O)Nc2ccc(Br)cc2C)C1(C)C. The lowest BCUT2D eigenvalue weighted by molar-refractivity contribution is -0.166. The number of amides is 1. The van der Waals surface area contributed by atoms with Crippen molar-refractivity contribution in [3.05, 3.63) is 28.2 Å². The minimum Gasteiger partial charge on any atom is -0.378 e. The number of hydrogen-bond acceptors (Lipinski definition) is 3. The molecule has 1 fully saturated rings. The number of carbonyl (C=O) groups is 1. The van der Waals surface area contributed by atoms with Gasteiger partial charge in [0, 0.05) is 28.6 Å². The summed E-state index contributed by atoms with van der Waals surface area (Å²) in [5.74, 6) is -0.145. The van der Waals surface area contributed by atoms with Crippen molar-refractivity contribution in [2.75, 3.05) is 11.9 Å². The third-order valence-electron chi connectivity index (χ3n) is 4.67. The van der Waals surface area contributed by atoms with Crippen LogP contribution in [0, 0.1) is 12.3 Å². The molecule has 0 radical (unpaired) electrons. The molecule has 2 rings (SSSR count). The van der Waals surface area contributed by atoms with Gasteiger partial charge >= 0.3 is 0 Å². The third-order valence-corrected chi connectivity index (χ3v) is 5.17. The number of rotatable bonds is 4. The first kappa shape index (κ1) is 16.5. The molecule has 1 aromatic rings. The van der Waals surface area contributed by atoms with E-state index in [9.17, 15) is 4.79 Å². The van der Waals surface area contributed by atoms with Crippen LogP contribution in [0.1, 0.15) is 32.8 Å². The molecule has 3 N–H and O–H groups in total. The van der Waals surface area contributed by atoms with Gasteiger partial charge in [-0.2, -0.15) is 0 Å². The molecule has 1 saturated carbocycles. The van der Waals surface area contributed by atoms with Gasteiger partial charge < -0.3 is 15.8 Å². The van der Waals surface area contributed by atoms with Crippen molar-refractivity contribution in [1.29, 1.82) is 0 Å². The van der Waals surface area contributed by atoms with Crippen molar-refractivity contribution in [3.63, 3.8) is 0 Å². The van der Waals surface area contributed by atoms with E-state index in [0.29, 0.717) is 13.0 Å². The minimum absolute atomic E-state index is 0.0317. The Labute approximate surface area is 134 Å². The summed E-state index contributed by atoms with van der Waals surface area (Å²) in [6.45, 7) is 8.53. The molecule has 21 heavy (non-hydrogen) atoms. The molecule has 116 valence electrons. The van der Waals surface area contributed by atoms with Crippen molar-refractivity contribution in [1.82, 2.24) is 0 Å². The fraction of sp³-hybridized carbons (Fsp3) is 0.562. The highest BCUT2D eigenvalue weighted by Crippen LogP contribution is 2.50. The van der Waals surface area contributed by atoms with Crippen molar-refractivity contribution >= 4 is 27.5 Å². The lowest BCUT2D eigenvalue weighted by Crippen LogP contribution is -2.74. The van der Waals surface area contributed by atoms with Crippen LogP contribution in [0.15, 0.2) is 22.7 Å². The van der Waals surface area contributed by atoms with Gasteiger partial charge in [-0.25, -0.2) is 0 Å². The summed E-state index contributed by atoms with van der Waals surface area (Å²) in [5, 5.41) is 2.96. The Morgan fingerprint density at radius 3 is 2.71 bits per heavy atom. The van der Waals surface area contributed by atoms with E-state index in [4.69, 9.17) is 10.5 Å². The van der Waals surface area contributed by atoms with E-state index in [-0.39, 0.29) is 17.4 Å². The monoisotopic (exact) mass is 354 g/mol. The molecular formula is C16H23BrN2O2. The first-order valence-electron chi connectivity index (χ1n) is 7.20. The Hall–Kier alpha value is -0.910. The van der Waals surface area contributed by atoms with Gasteiger partial charge in [-0.05, 0) is 37.6 Å². The number of benzene rings is 1. The first-order valence-corrected chi connectivity index (χ1v) is 7.99. The third kappa shape index (κ3) is 2.74. The molecule has 0 aromatic heterocycles. The van der Waals surface area contributed by atoms with E-state index in [1.165, 1.54) is 0 Å². The van der Waals surface area contributed by atoms with Crippen molar-refractivity contribution in [2.45, 2.75) is 45.8 Å². The number of hydrogen-bond donors (Lipinski definition) is 2. The summed E-state index contributed by atoms with van der Waals surface area (Å²) in [4.78, 5) is 12.6. The topological polar surface area (TPSA) is 64.3 Å². The highest BCUT2D eigenvalue weighted by atomic mass is 79.9. The molecular weight excluding hydrogens is 332 g/mol. The van der Waals surface area contributed by atoms with Crippen LogP contribution in [0.5, 0.6) is 0 Å². The van der Waals surface area contributed by atoms with E-state index >= 15 is 0 Å². The molecule has 0 bridgehead atoms. The summed E-state index contributed by atoms with van der Waals surface area (Å²) in [7, 11) is 0. The second-order valence-corrected chi connectivity index (χ2v) is 7.17. The lowest BCUT2D eigenvalue weighted by atomic mass is 9.54. The molecule has 0 heterocycles. The molecule has 0 aliphatic heterocycles. The van der Waals surface area contributed by atoms with Crippen molar-refractivity contribution in [3.8, 4) is 0 Å². The molecule has 1 amide bonds. The van der Waals surface area contributed by atoms with E-state index in [1.54, 1.807) is 0 Å². The van der Waals surface area contributed by atoms with Crippen LogP contribution in [0.4, 0.5) is 5.69 Å². The number of nitrogens with one attached hydrogen (secondary N) is 1. The van der Waals surface area contributed by atoms with Gasteiger partial charge in [0.2, 0.25) is 5.91 Å². The number of aryl methyl sites for hydroxylation is 1. The summed E-state index contributed by atoms with van der Waals surface area (Å²) >= 11 is 3.42. The van der Waals surface area contributed by atoms with Gasteiger partial charge in [0.05, 0.1) is 6.10 Å². The van der Waals surface area contributed by atoms with Crippen LogP contribution in [-0.4, -0.2) is 24.2 Å². The molecule has 0 spiro atoms. The van der Waals surface area contributed by atoms with Gasteiger partial charge in [-0.15, -0.1) is 0 Å². The average Bonchev–Trinajstić information content (AvgIpc) is 2.41. The molecule has 2 unspecified atom stereocenters. The maximum atomic E-state index is 12.6. The van der Waals surface area contributed by atoms with E-state index in [0.717, 1.165) is 15.7 Å². The van der Waals surface area contributed by atoms with Crippen LogP contribution in [0.25, 0.3) is 0 Å². The summed E-state index contributed by atoms with van der Waals surface area (Å²) < 4.78 is 6.65. The Balaban J connectivity index is 2.14. The largest absolute Gasteiger partial charge is 0.378 e. The minimum atomic E-state index is -0.896. The molecule has 0 saturated heterocycles. The number of carbonyl (C=O) groups excluding carboxylic acids is 1. The number of nitrogens with two attached hydrogens (primary N) is 1. The lowest BCUT2D eigenvalue weighted by Gasteiger charge is -2.57. The Morgan fingerprint density at radius 1 is 1.52 bits per heavy atom. The van der Waals surface area contributed by atoms with E-state index in [1.807, 2.05) is 45.9 Å². The first-order chi connectivity index (χ1) is 9.72. The average molecular weight is 355 g/mol. The Bertz CT molecular complexity index is 559. The van der Waals surface area contributed by atoms with Crippen LogP contribution >= 0.6 is 15.9 Å². The predicted octanol–water partition coefficient (Wildman–Crippen LogP) is 3.23. The highest BCUT2D eigenvalue weighted by molar-refractivity contribution is 9.10. The quantitative estimate of drug-likeness (QED) is 0.872. The smallest absolute Gasteiger partial charge is 0.245 e. The van der Waals surface area contributed by atoms with Gasteiger partial charge in [0.15, 0.2) is 0 Å². The van der Waals surface area contributed by atoms with Crippen LogP contribution in [0.2, 0.25) is 0 Å². The van der Waals surface area contributed by atoms with Crippen LogP contribution in [-0.2, 0) is 9.53 Å². The zero-order chi connectivity index (χ0) is 15.8. The fourth-order valence-corrected chi connectivity index (χ4v) is 3.30. The maximum Gasteiger partial charge on any atom is 0.245 e. The highest BCUT2D eigenvalue weighted by Gasteiger charge is 2.62. The summed E-state index contributed by atoms with van der Waals surface area (Å²) in [5.41, 5.74) is 6.89. The van der Waals surface area contributed by atoms with Gasteiger partial charge in [-0.3, -0.25) is 4.79 Å². The van der Waals surface area contributed by atoms with Gasteiger partial charge in [0.1, 0.15) is 5.54 Å². The fourth-order valence-electron chi connectivity index (χ4n) is 2.82. The van der Waals surface area contributed by atoms with Crippen molar-refractivity contribution < 1.29 is 9.53 Å². The molecule has 1 aliphatic rings. The number of anilines is 1. The van der Waals surface area contributed by atoms with Gasteiger partial charge in [0.25, 0.3) is 0 Å². The second-order valence-electron chi connectivity index (χ2n) is 6.25. The van der Waals surface area contributed by atoms with Crippen molar-refractivity contribution in [2.24, 2.45) is 11.1 Å². The van der Waals surface area contributed by atoms with Gasteiger partial charge in [-0.1, -0.05) is 29.8 Å². The number of ether oxygens (including phenoxy) is 1. The van der Waals surface area contributed by atoms with Crippen LogP contribution in [0.3, 0.4) is 0 Å². The maximum absolute atomic E-state index is 12.6. The Kier molecular flexibility index (Phi) is 4.47. The summed E-state index contributed by atoms with van der Waals surface area (Å²) in [6.07, 6.45) is 0.583. The normalized spacial score (nSPS) is 27.0. The number of halogens is 1. The van der Waals surface area contributed by atoms with E-state index in [2.05, 4.69) is 21.2 Å². The zero-order valence-corrected chi connectivity index (χ0v) is 14.6. The zero-order valence-electron chi connectivity index (χ0n) is 13.0. The second kappa shape index (κ2) is 5.71. The Morgan fingerprint density at radius 2 is 2.19 bits per heavy atom. The standard InChI is InChI=1S/C16H23BrN2O2/c1-5-21-13-9-16(18,15(13,3)4)14(20)19-12-7-6-11(17)8-10(12)2/h6-8,13H,5,9,18H2,1-4H3,(H,19,20). The molecule has 2 atom stereocenters. The molecule has 5 heteroatoms. The molecule has 1 aliphatic carbocycles. The molecule has 4 nitrogen and oxygen atoms in total. The predicted molar refractivity (Wildman–Crippen MR) is 88.2 cm³/mol. The van der Waals surface area contributed by atoms with Crippen LogP contribution < -0.4 is 11.1 Å². The summed E-state index contributed by atoms with van der Waals surface area (Å²) in [6, 6.07) is 5.75. The molecule has 1 aromatic carbocycles. The van der Waals surface area contributed by atoms with E-state index < -0.39 is 5.54 Å².